The highest BCUT2D eigenvalue weighted by Gasteiger charge is 2.39. The Morgan fingerprint density at radius 3 is 2.19 bits per heavy atom. The van der Waals surface area contributed by atoms with Crippen LogP contribution in [0, 0.1) is 5.92 Å². The van der Waals surface area contributed by atoms with Crippen molar-refractivity contribution in [3.8, 4) is 0 Å². The fraction of sp³-hybridized carbons (Fsp3) is 0.941. The first-order chi connectivity index (χ1) is 10.0. The average Bonchev–Trinajstić information content (AvgIpc) is 2.49. The molecule has 1 amide bonds. The molecule has 0 saturated heterocycles. The van der Waals surface area contributed by atoms with Gasteiger partial charge in [-0.15, -0.1) is 0 Å². The van der Waals surface area contributed by atoms with Gasteiger partial charge in [-0.2, -0.15) is 0 Å². The van der Waals surface area contributed by atoms with Crippen LogP contribution in [-0.4, -0.2) is 54.0 Å². The van der Waals surface area contributed by atoms with Gasteiger partial charge in [0.1, 0.15) is 0 Å². The number of nitrogens with zero attached hydrogens (tertiary/aromatic N) is 2. The maximum Gasteiger partial charge on any atom is 0.236 e. The molecule has 4 heteroatoms. The molecule has 1 aliphatic rings. The van der Waals surface area contributed by atoms with Crippen molar-refractivity contribution >= 4 is 5.91 Å². The fourth-order valence-corrected chi connectivity index (χ4v) is 3.54. The summed E-state index contributed by atoms with van der Waals surface area (Å²) in [5.74, 6) is 1.05. The molecule has 0 bridgehead atoms. The summed E-state index contributed by atoms with van der Waals surface area (Å²) >= 11 is 0. The van der Waals surface area contributed by atoms with E-state index in [2.05, 4.69) is 18.7 Å². The Balaban J connectivity index is 2.80. The van der Waals surface area contributed by atoms with Crippen LogP contribution in [0.5, 0.6) is 0 Å². The molecule has 124 valence electrons. The van der Waals surface area contributed by atoms with Crippen LogP contribution in [-0.2, 0) is 4.79 Å². The number of carbonyl (C=O) groups excluding carboxylic acids is 1. The Hall–Kier alpha value is -0.610. The maximum absolute atomic E-state index is 12.5. The molecule has 0 radical (unpaired) electrons. The van der Waals surface area contributed by atoms with Crippen LogP contribution in [0.2, 0.25) is 0 Å². The summed E-state index contributed by atoms with van der Waals surface area (Å²) in [6, 6.07) is 0. The van der Waals surface area contributed by atoms with Crippen LogP contribution < -0.4 is 5.73 Å². The minimum Gasteiger partial charge on any atom is -0.342 e. The standard InChI is InChI=1S/C17H35N3O/c1-5-12-20(13-16(21)19(6-2)7-3)17(14-18)10-8-15(4)9-11-17/h15H,5-14,18H2,1-4H3. The molecule has 1 rings (SSSR count). The van der Waals surface area contributed by atoms with E-state index < -0.39 is 0 Å². The third-order valence-electron chi connectivity index (χ3n) is 5.19. The predicted octanol–water partition coefficient (Wildman–Crippen LogP) is 2.47. The summed E-state index contributed by atoms with van der Waals surface area (Å²) in [6.45, 7) is 12.4. The van der Waals surface area contributed by atoms with E-state index in [0.717, 1.165) is 44.8 Å². The predicted molar refractivity (Wildman–Crippen MR) is 89.2 cm³/mol. The van der Waals surface area contributed by atoms with Crippen LogP contribution in [0.3, 0.4) is 0 Å². The van der Waals surface area contributed by atoms with Crippen molar-refractivity contribution in [2.45, 2.75) is 65.3 Å². The van der Waals surface area contributed by atoms with Gasteiger partial charge in [-0.1, -0.05) is 13.8 Å². The SMILES string of the molecule is CCCN(CC(=O)N(CC)CC)C1(CN)CCC(C)CC1. The van der Waals surface area contributed by atoms with Crippen molar-refractivity contribution in [3.63, 3.8) is 0 Å². The van der Waals surface area contributed by atoms with Gasteiger partial charge in [-0.3, -0.25) is 9.69 Å². The van der Waals surface area contributed by atoms with Crippen molar-refractivity contribution < 1.29 is 4.79 Å². The topological polar surface area (TPSA) is 49.6 Å². The van der Waals surface area contributed by atoms with Gasteiger partial charge in [-0.25, -0.2) is 0 Å². The fourth-order valence-electron chi connectivity index (χ4n) is 3.54. The Labute approximate surface area is 131 Å². The normalized spacial score (nSPS) is 26.1. The highest BCUT2D eigenvalue weighted by atomic mass is 16.2. The zero-order chi connectivity index (χ0) is 15.9. The molecule has 1 fully saturated rings. The first-order valence-electron chi connectivity index (χ1n) is 8.75. The molecule has 21 heavy (non-hydrogen) atoms. The molecular formula is C17H35N3O. The molecule has 2 N–H and O–H groups in total. The number of amides is 1. The summed E-state index contributed by atoms with van der Waals surface area (Å²) in [5, 5.41) is 0. The van der Waals surface area contributed by atoms with E-state index in [-0.39, 0.29) is 11.4 Å². The zero-order valence-corrected chi connectivity index (χ0v) is 14.5. The smallest absolute Gasteiger partial charge is 0.236 e. The molecular weight excluding hydrogens is 262 g/mol. The summed E-state index contributed by atoms with van der Waals surface area (Å²) in [6.07, 6.45) is 5.81. The quantitative estimate of drug-likeness (QED) is 0.749. The van der Waals surface area contributed by atoms with Gasteiger partial charge in [0.25, 0.3) is 0 Å². The second-order valence-corrected chi connectivity index (χ2v) is 6.60. The number of carbonyl (C=O) groups is 1. The van der Waals surface area contributed by atoms with Crippen LogP contribution >= 0.6 is 0 Å². The lowest BCUT2D eigenvalue weighted by atomic mass is 9.76. The van der Waals surface area contributed by atoms with Crippen molar-refractivity contribution in [2.24, 2.45) is 11.7 Å². The lowest BCUT2D eigenvalue weighted by Crippen LogP contribution is -2.58. The van der Waals surface area contributed by atoms with Crippen LogP contribution in [0.25, 0.3) is 0 Å². The molecule has 1 aliphatic carbocycles. The number of rotatable bonds is 8. The summed E-state index contributed by atoms with van der Waals surface area (Å²) in [4.78, 5) is 16.8. The van der Waals surface area contributed by atoms with Crippen LogP contribution in [0.1, 0.15) is 59.8 Å². The van der Waals surface area contributed by atoms with Gasteiger partial charge in [0.05, 0.1) is 6.54 Å². The lowest BCUT2D eigenvalue weighted by Gasteiger charge is -2.47. The second-order valence-electron chi connectivity index (χ2n) is 6.60. The highest BCUT2D eigenvalue weighted by molar-refractivity contribution is 5.78. The molecule has 0 aromatic carbocycles. The van der Waals surface area contributed by atoms with Crippen LogP contribution in [0.15, 0.2) is 0 Å². The first-order valence-corrected chi connectivity index (χ1v) is 8.75. The van der Waals surface area contributed by atoms with E-state index in [0.29, 0.717) is 13.1 Å². The largest absolute Gasteiger partial charge is 0.342 e. The Morgan fingerprint density at radius 2 is 1.76 bits per heavy atom. The lowest BCUT2D eigenvalue weighted by molar-refractivity contribution is -0.134. The van der Waals surface area contributed by atoms with Gasteiger partial charge in [0, 0.05) is 25.2 Å². The monoisotopic (exact) mass is 297 g/mol. The summed E-state index contributed by atoms with van der Waals surface area (Å²) < 4.78 is 0. The van der Waals surface area contributed by atoms with Crippen LogP contribution in [0.4, 0.5) is 0 Å². The Morgan fingerprint density at radius 1 is 1.19 bits per heavy atom. The van der Waals surface area contributed by atoms with E-state index in [1.165, 1.54) is 12.8 Å². The van der Waals surface area contributed by atoms with Gasteiger partial charge in [0.2, 0.25) is 5.91 Å². The number of nitrogens with two attached hydrogens (primary N) is 1. The molecule has 0 atom stereocenters. The van der Waals surface area contributed by atoms with Gasteiger partial charge < -0.3 is 10.6 Å². The van der Waals surface area contributed by atoms with Gasteiger partial charge >= 0.3 is 0 Å². The number of hydrogen-bond donors (Lipinski definition) is 1. The van der Waals surface area contributed by atoms with Crippen molar-refractivity contribution in [3.05, 3.63) is 0 Å². The van der Waals surface area contributed by atoms with Crippen molar-refractivity contribution in [1.82, 2.24) is 9.80 Å². The van der Waals surface area contributed by atoms with E-state index in [4.69, 9.17) is 5.73 Å². The Kier molecular flexibility index (Phi) is 7.67. The molecule has 4 nitrogen and oxygen atoms in total. The van der Waals surface area contributed by atoms with Gasteiger partial charge in [0.15, 0.2) is 0 Å². The molecule has 0 aromatic rings. The second kappa shape index (κ2) is 8.74. The minimum atomic E-state index is 0.0470. The third-order valence-corrected chi connectivity index (χ3v) is 5.19. The van der Waals surface area contributed by atoms with E-state index in [9.17, 15) is 4.79 Å². The third kappa shape index (κ3) is 4.68. The summed E-state index contributed by atoms with van der Waals surface area (Å²) in [7, 11) is 0. The Bertz CT molecular complexity index is 307. The first kappa shape index (κ1) is 18.4. The number of hydrogen-bond acceptors (Lipinski definition) is 3. The molecule has 0 heterocycles. The molecule has 0 spiro atoms. The minimum absolute atomic E-state index is 0.0470. The van der Waals surface area contributed by atoms with E-state index in [1.807, 2.05) is 18.7 Å². The van der Waals surface area contributed by atoms with E-state index >= 15 is 0 Å². The highest BCUT2D eigenvalue weighted by Crippen LogP contribution is 2.36. The van der Waals surface area contributed by atoms with Gasteiger partial charge in [-0.05, 0) is 58.4 Å². The van der Waals surface area contributed by atoms with Crippen molar-refractivity contribution in [2.75, 3.05) is 32.7 Å². The van der Waals surface area contributed by atoms with E-state index in [1.54, 1.807) is 0 Å². The van der Waals surface area contributed by atoms with Crippen molar-refractivity contribution in [1.29, 1.82) is 0 Å². The zero-order valence-electron chi connectivity index (χ0n) is 14.5. The average molecular weight is 297 g/mol. The molecule has 0 unspecified atom stereocenters. The number of likely N-dealkylation sites (N-methyl/N-ethyl adjacent to an activating group) is 1. The molecule has 0 aliphatic heterocycles. The maximum atomic E-state index is 12.5. The molecule has 0 aromatic heterocycles. The molecule has 1 saturated carbocycles. The summed E-state index contributed by atoms with van der Waals surface area (Å²) in [5.41, 5.74) is 6.21.